The average molecular weight is 125 g/mol. The van der Waals surface area contributed by atoms with Crippen LogP contribution in [0.15, 0.2) is 15.8 Å². The van der Waals surface area contributed by atoms with Crippen LogP contribution in [0.5, 0.6) is 0 Å². The van der Waals surface area contributed by atoms with E-state index in [0.29, 0.717) is 0 Å². The summed E-state index contributed by atoms with van der Waals surface area (Å²) in [5.41, 5.74) is -0.836. The lowest BCUT2D eigenvalue weighted by atomic mass is 10.6. The normalized spacial score (nSPS) is 9.44. The Bertz CT molecular complexity index is 281. The number of H-pyrrole nitrogens is 1. The summed E-state index contributed by atoms with van der Waals surface area (Å²) >= 11 is 0. The van der Waals surface area contributed by atoms with Gasteiger partial charge >= 0.3 is 5.69 Å². The number of rotatable bonds is 0. The SMILES string of the molecule is Cn1c(=O)[c]c[nH]c1=O. The molecule has 0 amide bonds. The Morgan fingerprint density at radius 2 is 2.33 bits per heavy atom. The van der Waals surface area contributed by atoms with Crippen molar-refractivity contribution in [2.24, 2.45) is 7.05 Å². The van der Waals surface area contributed by atoms with E-state index in [1.54, 1.807) is 0 Å². The molecule has 0 aliphatic rings. The van der Waals surface area contributed by atoms with Gasteiger partial charge in [0, 0.05) is 13.2 Å². The third-order valence-corrected chi connectivity index (χ3v) is 1.00. The number of hydrogen-bond donors (Lipinski definition) is 1. The van der Waals surface area contributed by atoms with Crippen molar-refractivity contribution in [3.8, 4) is 0 Å². The molecule has 1 radical (unpaired) electrons. The van der Waals surface area contributed by atoms with Gasteiger partial charge in [-0.3, -0.25) is 9.36 Å². The summed E-state index contributed by atoms with van der Waals surface area (Å²) < 4.78 is 0.944. The van der Waals surface area contributed by atoms with Crippen molar-refractivity contribution < 1.29 is 0 Å². The third-order valence-electron chi connectivity index (χ3n) is 1.00. The Balaban J connectivity index is 3.62. The van der Waals surface area contributed by atoms with Gasteiger partial charge in [-0.25, -0.2) is 4.79 Å². The highest BCUT2D eigenvalue weighted by Crippen LogP contribution is 1.56. The zero-order chi connectivity index (χ0) is 6.85. The summed E-state index contributed by atoms with van der Waals surface area (Å²) in [5.74, 6) is 0. The molecule has 0 saturated heterocycles. The number of nitrogens with one attached hydrogen (secondary N) is 1. The van der Waals surface area contributed by atoms with Crippen LogP contribution in [0.4, 0.5) is 0 Å². The van der Waals surface area contributed by atoms with E-state index in [1.807, 2.05) is 0 Å². The Kier molecular flexibility index (Phi) is 1.22. The fraction of sp³-hybridized carbons (Fsp3) is 0.200. The smallest absolute Gasteiger partial charge is 0.313 e. The van der Waals surface area contributed by atoms with Crippen molar-refractivity contribution in [1.82, 2.24) is 9.55 Å². The predicted octanol–water partition coefficient (Wildman–Crippen LogP) is -1.13. The van der Waals surface area contributed by atoms with E-state index in [-0.39, 0.29) is 0 Å². The van der Waals surface area contributed by atoms with E-state index in [2.05, 4.69) is 11.1 Å². The first-order chi connectivity index (χ1) is 4.22. The fourth-order valence-electron chi connectivity index (χ4n) is 0.445. The second kappa shape index (κ2) is 1.89. The molecule has 0 aliphatic heterocycles. The molecule has 0 fully saturated rings. The number of hydrogen-bond acceptors (Lipinski definition) is 2. The summed E-state index contributed by atoms with van der Waals surface area (Å²) in [5, 5.41) is 0. The molecule has 47 valence electrons. The molecule has 0 aliphatic carbocycles. The van der Waals surface area contributed by atoms with Crippen molar-refractivity contribution >= 4 is 0 Å². The first-order valence-electron chi connectivity index (χ1n) is 2.38. The first-order valence-corrected chi connectivity index (χ1v) is 2.38. The van der Waals surface area contributed by atoms with Crippen molar-refractivity contribution in [2.75, 3.05) is 0 Å². The van der Waals surface area contributed by atoms with Gasteiger partial charge in [0.25, 0.3) is 5.56 Å². The lowest BCUT2D eigenvalue weighted by Gasteiger charge is -1.88. The molecule has 4 heteroatoms. The summed E-state index contributed by atoms with van der Waals surface area (Å²) in [6.07, 6.45) is 1.20. The van der Waals surface area contributed by atoms with Crippen LogP contribution in [0.3, 0.4) is 0 Å². The molecule has 0 atom stereocenters. The highest BCUT2D eigenvalue weighted by atomic mass is 16.2. The molecule has 0 saturated carbocycles. The molecular formula is C5H5N2O2. The molecule has 9 heavy (non-hydrogen) atoms. The Hall–Kier alpha value is -1.32. The zero-order valence-corrected chi connectivity index (χ0v) is 4.84. The van der Waals surface area contributed by atoms with Gasteiger partial charge in [-0.2, -0.15) is 0 Å². The Morgan fingerprint density at radius 3 is 2.78 bits per heavy atom. The van der Waals surface area contributed by atoms with Crippen LogP contribution in [0.2, 0.25) is 0 Å². The number of nitrogens with zero attached hydrogens (tertiary/aromatic N) is 1. The lowest BCUT2D eigenvalue weighted by molar-refractivity contribution is 0.773. The van der Waals surface area contributed by atoms with Gasteiger partial charge < -0.3 is 4.98 Å². The second-order valence-corrected chi connectivity index (χ2v) is 1.60. The van der Waals surface area contributed by atoms with E-state index in [9.17, 15) is 9.59 Å². The van der Waals surface area contributed by atoms with Gasteiger partial charge in [0.05, 0.1) is 6.07 Å². The van der Waals surface area contributed by atoms with Gasteiger partial charge in [-0.05, 0) is 0 Å². The van der Waals surface area contributed by atoms with Crippen LogP contribution in [0.1, 0.15) is 0 Å². The topological polar surface area (TPSA) is 54.9 Å². The maximum Gasteiger partial charge on any atom is 0.328 e. The molecule has 1 rings (SSSR count). The standard InChI is InChI=1S/C5H5N2O2/c1-7-4(8)2-3-6-5(7)9/h3H,1H3,(H,6,9). The molecule has 4 nitrogen and oxygen atoms in total. The lowest BCUT2D eigenvalue weighted by Crippen LogP contribution is -2.31. The molecule has 1 aromatic rings. The number of aromatic amines is 1. The minimum atomic E-state index is -0.418. The average Bonchev–Trinajstić information content (AvgIpc) is 1.83. The first kappa shape index (κ1) is 5.81. The van der Waals surface area contributed by atoms with Crippen LogP contribution in [0, 0.1) is 6.07 Å². The molecule has 0 aromatic carbocycles. The van der Waals surface area contributed by atoms with Gasteiger partial charge in [0.15, 0.2) is 0 Å². The van der Waals surface area contributed by atoms with Crippen molar-refractivity contribution in [1.29, 1.82) is 0 Å². The molecule has 1 N–H and O–H groups in total. The van der Waals surface area contributed by atoms with E-state index in [4.69, 9.17) is 0 Å². The van der Waals surface area contributed by atoms with Crippen molar-refractivity contribution in [2.45, 2.75) is 0 Å². The molecule has 0 unspecified atom stereocenters. The second-order valence-electron chi connectivity index (χ2n) is 1.60. The fourth-order valence-corrected chi connectivity index (χ4v) is 0.445. The molecule has 1 aromatic heterocycles. The largest absolute Gasteiger partial charge is 0.328 e. The highest BCUT2D eigenvalue weighted by molar-refractivity contribution is 4.78. The van der Waals surface area contributed by atoms with Crippen molar-refractivity contribution in [3.05, 3.63) is 33.1 Å². The third kappa shape index (κ3) is 0.910. The molecule has 0 bridgehead atoms. The summed E-state index contributed by atoms with van der Waals surface area (Å²) in [4.78, 5) is 23.3. The minimum absolute atomic E-state index is 0.418. The monoisotopic (exact) mass is 125 g/mol. The summed E-state index contributed by atoms with van der Waals surface area (Å²) in [6.45, 7) is 0. The minimum Gasteiger partial charge on any atom is -0.313 e. The highest BCUT2D eigenvalue weighted by Gasteiger charge is 1.89. The van der Waals surface area contributed by atoms with Gasteiger partial charge in [0.1, 0.15) is 0 Å². The molecule has 1 heterocycles. The van der Waals surface area contributed by atoms with E-state index >= 15 is 0 Å². The summed E-state index contributed by atoms with van der Waals surface area (Å²) in [6, 6.07) is 2.29. The molecule has 0 spiro atoms. The van der Waals surface area contributed by atoms with Crippen LogP contribution < -0.4 is 11.2 Å². The quantitative estimate of drug-likeness (QED) is 0.477. The zero-order valence-electron chi connectivity index (χ0n) is 4.84. The summed E-state index contributed by atoms with van der Waals surface area (Å²) in [7, 11) is 1.39. The van der Waals surface area contributed by atoms with Crippen LogP contribution in [0.25, 0.3) is 0 Å². The van der Waals surface area contributed by atoms with Crippen LogP contribution in [-0.4, -0.2) is 9.55 Å². The van der Waals surface area contributed by atoms with Crippen molar-refractivity contribution in [3.63, 3.8) is 0 Å². The maximum atomic E-state index is 10.5. The predicted molar refractivity (Wildman–Crippen MR) is 31.1 cm³/mol. The van der Waals surface area contributed by atoms with E-state index < -0.39 is 11.2 Å². The van der Waals surface area contributed by atoms with Gasteiger partial charge in [-0.15, -0.1) is 0 Å². The molecular weight excluding hydrogens is 120 g/mol. The maximum absolute atomic E-state index is 10.5. The van der Waals surface area contributed by atoms with Crippen LogP contribution >= 0.6 is 0 Å². The number of aromatic nitrogens is 2. The Labute approximate surface area is 50.8 Å². The van der Waals surface area contributed by atoms with Gasteiger partial charge in [0.2, 0.25) is 0 Å². The van der Waals surface area contributed by atoms with E-state index in [1.165, 1.54) is 13.2 Å². The van der Waals surface area contributed by atoms with Gasteiger partial charge in [-0.1, -0.05) is 0 Å². The Morgan fingerprint density at radius 1 is 1.67 bits per heavy atom. The van der Waals surface area contributed by atoms with E-state index in [0.717, 1.165) is 4.57 Å². The van der Waals surface area contributed by atoms with Crippen LogP contribution in [-0.2, 0) is 7.05 Å².